The van der Waals surface area contributed by atoms with Crippen LogP contribution in [0.2, 0.25) is 15.1 Å². The van der Waals surface area contributed by atoms with Crippen molar-refractivity contribution < 1.29 is 0 Å². The first-order chi connectivity index (χ1) is 8.63. The van der Waals surface area contributed by atoms with Crippen molar-refractivity contribution in [1.82, 2.24) is 4.98 Å². The van der Waals surface area contributed by atoms with E-state index in [2.05, 4.69) is 11.1 Å². The van der Waals surface area contributed by atoms with E-state index in [-0.39, 0.29) is 6.42 Å². The van der Waals surface area contributed by atoms with Crippen LogP contribution in [-0.2, 0) is 6.42 Å². The van der Waals surface area contributed by atoms with Crippen molar-refractivity contribution in [1.29, 1.82) is 5.26 Å². The van der Waals surface area contributed by atoms with E-state index in [0.717, 1.165) is 11.1 Å². The fourth-order valence-corrected chi connectivity index (χ4v) is 2.22. The lowest BCUT2D eigenvalue weighted by Gasteiger charge is -2.08. The Morgan fingerprint density at radius 2 is 1.83 bits per heavy atom. The number of halogens is 3. The van der Waals surface area contributed by atoms with Crippen LogP contribution in [-0.4, -0.2) is 4.98 Å². The van der Waals surface area contributed by atoms with Gasteiger partial charge >= 0.3 is 0 Å². The Bertz CT molecular complexity index is 609. The van der Waals surface area contributed by atoms with Crippen LogP contribution in [0.15, 0.2) is 30.5 Å². The number of hydrogen-bond acceptors (Lipinski definition) is 2. The maximum atomic E-state index is 8.78. The summed E-state index contributed by atoms with van der Waals surface area (Å²) in [5.74, 6) is 0. The Morgan fingerprint density at radius 3 is 2.44 bits per heavy atom. The molecule has 0 aliphatic rings. The highest BCUT2D eigenvalue weighted by Gasteiger charge is 2.10. The molecule has 2 nitrogen and oxygen atoms in total. The predicted molar refractivity (Wildman–Crippen MR) is 74.0 cm³/mol. The lowest BCUT2D eigenvalue weighted by molar-refractivity contribution is 1.12. The molecule has 0 fully saturated rings. The average Bonchev–Trinajstić information content (AvgIpc) is 2.36. The predicted octanol–water partition coefficient (Wildman–Crippen LogP) is 4.77. The van der Waals surface area contributed by atoms with Crippen LogP contribution < -0.4 is 0 Å². The molecule has 0 bridgehead atoms. The third kappa shape index (κ3) is 2.59. The number of pyridine rings is 1. The summed E-state index contributed by atoms with van der Waals surface area (Å²) in [5.41, 5.74) is 2.32. The molecule has 0 unspecified atom stereocenters. The van der Waals surface area contributed by atoms with Crippen molar-refractivity contribution in [2.75, 3.05) is 0 Å². The standard InChI is InChI=1S/C13H7Cl3N2/c14-10-6-8(7-11(15)13(10)16)9-2-1-5-18-12(9)3-4-17/h1-2,5-7H,3H2. The minimum absolute atomic E-state index is 0.230. The molecule has 0 saturated heterocycles. The molecule has 0 radical (unpaired) electrons. The molecular weight excluding hydrogens is 291 g/mol. The number of nitriles is 1. The van der Waals surface area contributed by atoms with Gasteiger partial charge in [0.1, 0.15) is 0 Å². The second-order valence-corrected chi connectivity index (χ2v) is 4.78. The monoisotopic (exact) mass is 296 g/mol. The van der Waals surface area contributed by atoms with E-state index >= 15 is 0 Å². The first kappa shape index (κ1) is 13.2. The maximum Gasteiger partial charge on any atom is 0.0781 e. The molecule has 0 aliphatic carbocycles. The number of rotatable bonds is 2. The fourth-order valence-electron chi connectivity index (χ4n) is 1.63. The molecule has 1 heterocycles. The minimum Gasteiger partial charge on any atom is -0.260 e. The van der Waals surface area contributed by atoms with E-state index in [4.69, 9.17) is 40.1 Å². The van der Waals surface area contributed by atoms with Crippen LogP contribution in [0.1, 0.15) is 5.69 Å². The Labute approximate surface area is 120 Å². The van der Waals surface area contributed by atoms with Crippen LogP contribution >= 0.6 is 34.8 Å². The highest BCUT2D eigenvalue weighted by molar-refractivity contribution is 6.48. The third-order valence-electron chi connectivity index (χ3n) is 2.43. The van der Waals surface area contributed by atoms with E-state index < -0.39 is 0 Å². The van der Waals surface area contributed by atoms with Gasteiger partial charge in [-0.15, -0.1) is 0 Å². The molecule has 18 heavy (non-hydrogen) atoms. The van der Waals surface area contributed by atoms with Gasteiger partial charge in [0.15, 0.2) is 0 Å². The van der Waals surface area contributed by atoms with Gasteiger partial charge in [0.2, 0.25) is 0 Å². The molecular formula is C13H7Cl3N2. The zero-order chi connectivity index (χ0) is 13.1. The van der Waals surface area contributed by atoms with Crippen LogP contribution in [0.3, 0.4) is 0 Å². The quantitative estimate of drug-likeness (QED) is 0.748. The summed E-state index contributed by atoms with van der Waals surface area (Å²) in [6.07, 6.45) is 1.88. The van der Waals surface area contributed by atoms with Gasteiger partial charge in [-0.3, -0.25) is 4.98 Å². The second kappa shape index (κ2) is 5.58. The molecule has 0 N–H and O–H groups in total. The Kier molecular flexibility index (Phi) is 4.08. The molecule has 90 valence electrons. The Morgan fingerprint density at radius 1 is 1.17 bits per heavy atom. The SMILES string of the molecule is N#CCc1ncccc1-c1cc(Cl)c(Cl)c(Cl)c1. The molecule has 0 aliphatic heterocycles. The fraction of sp³-hybridized carbons (Fsp3) is 0.0769. The van der Waals surface area contributed by atoms with E-state index in [0.29, 0.717) is 20.8 Å². The van der Waals surface area contributed by atoms with Crippen molar-refractivity contribution in [3.63, 3.8) is 0 Å². The highest BCUT2D eigenvalue weighted by Crippen LogP contribution is 2.35. The lowest BCUT2D eigenvalue weighted by atomic mass is 10.0. The van der Waals surface area contributed by atoms with Gasteiger partial charge in [0, 0.05) is 11.8 Å². The van der Waals surface area contributed by atoms with Gasteiger partial charge in [-0.2, -0.15) is 5.26 Å². The van der Waals surface area contributed by atoms with E-state index in [9.17, 15) is 0 Å². The topological polar surface area (TPSA) is 36.7 Å². The van der Waals surface area contributed by atoms with E-state index in [1.54, 1.807) is 24.4 Å². The highest BCUT2D eigenvalue weighted by atomic mass is 35.5. The van der Waals surface area contributed by atoms with Crippen molar-refractivity contribution in [3.05, 3.63) is 51.2 Å². The molecule has 1 aromatic carbocycles. The normalized spacial score (nSPS) is 10.1. The first-order valence-electron chi connectivity index (χ1n) is 5.09. The van der Waals surface area contributed by atoms with Crippen molar-refractivity contribution >= 4 is 34.8 Å². The summed E-state index contributed by atoms with van der Waals surface area (Å²) in [5, 5.41) is 9.87. The van der Waals surface area contributed by atoms with Crippen LogP contribution in [0.5, 0.6) is 0 Å². The van der Waals surface area contributed by atoms with Crippen molar-refractivity contribution in [3.8, 4) is 17.2 Å². The summed E-state index contributed by atoms with van der Waals surface area (Å²) < 4.78 is 0. The smallest absolute Gasteiger partial charge is 0.0781 e. The van der Waals surface area contributed by atoms with Gasteiger partial charge in [0.25, 0.3) is 0 Å². The largest absolute Gasteiger partial charge is 0.260 e. The Balaban J connectivity index is 2.59. The number of nitrogens with zero attached hydrogens (tertiary/aromatic N) is 2. The number of hydrogen-bond donors (Lipinski definition) is 0. The average molecular weight is 298 g/mol. The molecule has 0 saturated carbocycles. The Hall–Kier alpha value is -1.27. The maximum absolute atomic E-state index is 8.78. The number of benzene rings is 1. The molecule has 0 amide bonds. The van der Waals surface area contributed by atoms with Crippen LogP contribution in [0, 0.1) is 11.3 Å². The van der Waals surface area contributed by atoms with Gasteiger partial charge in [-0.1, -0.05) is 40.9 Å². The summed E-state index contributed by atoms with van der Waals surface area (Å²) >= 11 is 17.9. The summed E-state index contributed by atoms with van der Waals surface area (Å²) in [6, 6.07) is 9.18. The molecule has 1 aromatic heterocycles. The van der Waals surface area contributed by atoms with Gasteiger partial charge in [-0.05, 0) is 23.8 Å². The molecule has 0 atom stereocenters. The summed E-state index contributed by atoms with van der Waals surface area (Å²) in [7, 11) is 0. The van der Waals surface area contributed by atoms with E-state index in [1.807, 2.05) is 6.07 Å². The molecule has 5 heteroatoms. The van der Waals surface area contributed by atoms with Crippen molar-refractivity contribution in [2.24, 2.45) is 0 Å². The molecule has 2 rings (SSSR count). The first-order valence-corrected chi connectivity index (χ1v) is 6.22. The lowest BCUT2D eigenvalue weighted by Crippen LogP contribution is -1.92. The summed E-state index contributed by atoms with van der Waals surface area (Å²) in [6.45, 7) is 0. The third-order valence-corrected chi connectivity index (χ3v) is 3.63. The zero-order valence-corrected chi connectivity index (χ0v) is 11.4. The summed E-state index contributed by atoms with van der Waals surface area (Å²) in [4.78, 5) is 4.18. The second-order valence-electron chi connectivity index (χ2n) is 3.59. The molecule has 0 spiro atoms. The van der Waals surface area contributed by atoms with Gasteiger partial charge in [-0.25, -0.2) is 0 Å². The number of aromatic nitrogens is 1. The molecule has 2 aromatic rings. The van der Waals surface area contributed by atoms with E-state index in [1.165, 1.54) is 0 Å². The van der Waals surface area contributed by atoms with Crippen molar-refractivity contribution in [2.45, 2.75) is 6.42 Å². The van der Waals surface area contributed by atoms with Gasteiger partial charge in [0.05, 0.1) is 33.3 Å². The zero-order valence-electron chi connectivity index (χ0n) is 9.12. The van der Waals surface area contributed by atoms with Crippen LogP contribution in [0.4, 0.5) is 0 Å². The van der Waals surface area contributed by atoms with Gasteiger partial charge < -0.3 is 0 Å². The van der Waals surface area contributed by atoms with Crippen LogP contribution in [0.25, 0.3) is 11.1 Å². The minimum atomic E-state index is 0.230.